The zero-order valence-electron chi connectivity index (χ0n) is 8.38. The Hall–Kier alpha value is -1.33. The molecule has 84 valence electrons. The zero-order chi connectivity index (χ0) is 11.4. The highest BCUT2D eigenvalue weighted by molar-refractivity contribution is 7.12. The van der Waals surface area contributed by atoms with Gasteiger partial charge >= 0.3 is 5.97 Å². The number of carboxylic acid groups (broad SMARTS) is 1. The molecule has 0 aliphatic rings. The number of rotatable bonds is 5. The molecular weight excluding hydrogens is 244 g/mol. The van der Waals surface area contributed by atoms with Crippen LogP contribution < -0.4 is 4.74 Å². The van der Waals surface area contributed by atoms with Gasteiger partial charge in [-0.3, -0.25) is 0 Å². The second kappa shape index (κ2) is 5.14. The molecule has 2 aromatic rings. The maximum atomic E-state index is 10.6. The monoisotopic (exact) mass is 254 g/mol. The van der Waals surface area contributed by atoms with Gasteiger partial charge in [-0.1, -0.05) is 0 Å². The highest BCUT2D eigenvalue weighted by Crippen LogP contribution is 2.21. The van der Waals surface area contributed by atoms with E-state index in [1.54, 1.807) is 22.8 Å². The van der Waals surface area contributed by atoms with Gasteiger partial charge < -0.3 is 9.84 Å². The van der Waals surface area contributed by atoms with E-state index in [0.717, 1.165) is 6.42 Å². The zero-order valence-corrected chi connectivity index (χ0v) is 10.0. The fraction of sp³-hybridized carbons (Fsp3) is 0.182. The van der Waals surface area contributed by atoms with Gasteiger partial charge in [0, 0.05) is 17.9 Å². The average Bonchev–Trinajstić information content (AvgIpc) is 2.87. The minimum Gasteiger partial charge on any atom is -0.492 e. The summed E-state index contributed by atoms with van der Waals surface area (Å²) in [7, 11) is 0. The summed E-state index contributed by atoms with van der Waals surface area (Å²) in [6.07, 6.45) is 0.849. The Bertz CT molecular complexity index is 459. The standard InChI is InChI=1S/C11H10O3S2/c12-11(13)10-5-9(7-16-10)14-3-1-8-2-4-15-6-8/h2,4-7H,1,3H2,(H,12,13). The molecule has 3 nitrogen and oxygen atoms in total. The number of carbonyl (C=O) groups is 1. The van der Waals surface area contributed by atoms with Crippen molar-refractivity contribution in [2.75, 3.05) is 6.61 Å². The second-order valence-electron chi connectivity index (χ2n) is 3.18. The molecule has 2 aromatic heterocycles. The molecule has 0 aliphatic carbocycles. The largest absolute Gasteiger partial charge is 0.492 e. The van der Waals surface area contributed by atoms with Crippen LogP contribution >= 0.6 is 22.7 Å². The van der Waals surface area contributed by atoms with Crippen LogP contribution in [-0.2, 0) is 6.42 Å². The van der Waals surface area contributed by atoms with E-state index in [4.69, 9.17) is 9.84 Å². The second-order valence-corrected chi connectivity index (χ2v) is 4.87. The van der Waals surface area contributed by atoms with Gasteiger partial charge in [0.1, 0.15) is 10.6 Å². The predicted octanol–water partition coefficient (Wildman–Crippen LogP) is 3.13. The van der Waals surface area contributed by atoms with Crippen molar-refractivity contribution in [2.45, 2.75) is 6.42 Å². The number of aromatic carboxylic acids is 1. The molecule has 0 bridgehead atoms. The highest BCUT2D eigenvalue weighted by Gasteiger charge is 2.07. The van der Waals surface area contributed by atoms with E-state index in [-0.39, 0.29) is 0 Å². The van der Waals surface area contributed by atoms with Crippen LogP contribution in [0, 0.1) is 0 Å². The van der Waals surface area contributed by atoms with Gasteiger partial charge in [-0.05, 0) is 22.4 Å². The smallest absolute Gasteiger partial charge is 0.346 e. The van der Waals surface area contributed by atoms with Crippen LogP contribution in [0.25, 0.3) is 0 Å². The number of thiophene rings is 2. The topological polar surface area (TPSA) is 46.5 Å². The minimum absolute atomic E-state index is 0.311. The van der Waals surface area contributed by atoms with Crippen LogP contribution in [0.3, 0.4) is 0 Å². The summed E-state index contributed by atoms with van der Waals surface area (Å²) in [5.74, 6) is -0.268. The van der Waals surface area contributed by atoms with Crippen molar-refractivity contribution in [1.82, 2.24) is 0 Å². The lowest BCUT2D eigenvalue weighted by atomic mass is 10.3. The van der Waals surface area contributed by atoms with Gasteiger partial charge in [0.2, 0.25) is 0 Å². The molecule has 2 heterocycles. The Labute approximate surface area is 101 Å². The van der Waals surface area contributed by atoms with Crippen LogP contribution in [0.4, 0.5) is 0 Å². The van der Waals surface area contributed by atoms with E-state index in [9.17, 15) is 4.79 Å². The maximum Gasteiger partial charge on any atom is 0.346 e. The molecular formula is C11H10O3S2. The van der Waals surface area contributed by atoms with Crippen molar-refractivity contribution in [1.29, 1.82) is 0 Å². The minimum atomic E-state index is -0.905. The Balaban J connectivity index is 1.83. The Morgan fingerprint density at radius 2 is 2.31 bits per heavy atom. The number of ether oxygens (including phenoxy) is 1. The molecule has 0 aromatic carbocycles. The summed E-state index contributed by atoms with van der Waals surface area (Å²) in [4.78, 5) is 10.9. The van der Waals surface area contributed by atoms with Crippen molar-refractivity contribution in [3.63, 3.8) is 0 Å². The molecule has 0 amide bonds. The molecule has 0 aliphatic heterocycles. The van der Waals surface area contributed by atoms with Gasteiger partial charge in [-0.2, -0.15) is 11.3 Å². The van der Waals surface area contributed by atoms with Crippen molar-refractivity contribution in [3.05, 3.63) is 38.7 Å². The lowest BCUT2D eigenvalue weighted by molar-refractivity contribution is 0.0702. The molecule has 0 spiro atoms. The third kappa shape index (κ3) is 2.84. The van der Waals surface area contributed by atoms with Gasteiger partial charge in [-0.15, -0.1) is 11.3 Å². The Morgan fingerprint density at radius 1 is 1.44 bits per heavy atom. The number of hydrogen-bond acceptors (Lipinski definition) is 4. The van der Waals surface area contributed by atoms with E-state index in [0.29, 0.717) is 17.2 Å². The van der Waals surface area contributed by atoms with Gasteiger partial charge in [0.15, 0.2) is 0 Å². The maximum absolute atomic E-state index is 10.6. The fourth-order valence-corrected chi connectivity index (χ4v) is 2.60. The predicted molar refractivity (Wildman–Crippen MR) is 64.8 cm³/mol. The fourth-order valence-electron chi connectivity index (χ4n) is 1.23. The summed E-state index contributed by atoms with van der Waals surface area (Å²) in [6.45, 7) is 0.576. The van der Waals surface area contributed by atoms with Crippen LogP contribution in [0.5, 0.6) is 5.75 Å². The van der Waals surface area contributed by atoms with Crippen LogP contribution in [0.1, 0.15) is 15.2 Å². The van der Waals surface area contributed by atoms with E-state index >= 15 is 0 Å². The third-order valence-corrected chi connectivity index (χ3v) is 3.65. The normalized spacial score (nSPS) is 10.2. The first-order valence-electron chi connectivity index (χ1n) is 4.71. The molecule has 5 heteroatoms. The Morgan fingerprint density at radius 3 is 2.94 bits per heavy atom. The quantitative estimate of drug-likeness (QED) is 0.891. The number of hydrogen-bond donors (Lipinski definition) is 1. The first-order valence-corrected chi connectivity index (χ1v) is 6.53. The van der Waals surface area contributed by atoms with Crippen LogP contribution in [-0.4, -0.2) is 17.7 Å². The molecule has 0 saturated carbocycles. The number of carboxylic acids is 1. The van der Waals surface area contributed by atoms with Crippen molar-refractivity contribution < 1.29 is 14.6 Å². The molecule has 0 atom stereocenters. The first-order chi connectivity index (χ1) is 7.75. The van der Waals surface area contributed by atoms with Crippen molar-refractivity contribution in [3.8, 4) is 5.75 Å². The summed E-state index contributed by atoms with van der Waals surface area (Å²) in [5, 5.41) is 14.6. The summed E-state index contributed by atoms with van der Waals surface area (Å²) < 4.78 is 5.46. The SMILES string of the molecule is O=C(O)c1cc(OCCc2ccsc2)cs1. The molecule has 2 rings (SSSR count). The van der Waals surface area contributed by atoms with E-state index in [1.807, 2.05) is 5.38 Å². The van der Waals surface area contributed by atoms with Gasteiger partial charge in [0.25, 0.3) is 0 Å². The van der Waals surface area contributed by atoms with Gasteiger partial charge in [0.05, 0.1) is 6.61 Å². The van der Waals surface area contributed by atoms with E-state index in [1.165, 1.54) is 16.9 Å². The first kappa shape index (κ1) is 11.2. The third-order valence-electron chi connectivity index (χ3n) is 2.03. The molecule has 1 N–H and O–H groups in total. The lowest BCUT2D eigenvalue weighted by Gasteiger charge is -2.01. The summed E-state index contributed by atoms with van der Waals surface area (Å²) in [6, 6.07) is 3.62. The molecule has 0 unspecified atom stereocenters. The molecule has 16 heavy (non-hydrogen) atoms. The molecule has 0 radical (unpaired) electrons. The Kier molecular flexibility index (Phi) is 3.58. The van der Waals surface area contributed by atoms with E-state index < -0.39 is 5.97 Å². The van der Waals surface area contributed by atoms with Crippen LogP contribution in [0.2, 0.25) is 0 Å². The van der Waals surface area contributed by atoms with Gasteiger partial charge in [-0.25, -0.2) is 4.79 Å². The summed E-state index contributed by atoms with van der Waals surface area (Å²) >= 11 is 2.85. The van der Waals surface area contributed by atoms with Crippen molar-refractivity contribution in [2.24, 2.45) is 0 Å². The van der Waals surface area contributed by atoms with Crippen LogP contribution in [0.15, 0.2) is 28.3 Å². The van der Waals surface area contributed by atoms with E-state index in [2.05, 4.69) is 11.4 Å². The van der Waals surface area contributed by atoms with Crippen molar-refractivity contribution >= 4 is 28.6 Å². The highest BCUT2D eigenvalue weighted by atomic mass is 32.1. The summed E-state index contributed by atoms with van der Waals surface area (Å²) in [5.41, 5.74) is 1.25. The average molecular weight is 254 g/mol. The molecule has 0 fully saturated rings. The lowest BCUT2D eigenvalue weighted by Crippen LogP contribution is -1.99. The molecule has 0 saturated heterocycles.